The smallest absolute Gasteiger partial charge is 0.192 e. The fraction of sp³-hybridized carbons (Fsp3) is 0. The summed E-state index contributed by atoms with van der Waals surface area (Å²) in [6.45, 7) is 0. The fourth-order valence-corrected chi connectivity index (χ4v) is 2.33. The molecule has 0 unspecified atom stereocenters. The summed E-state index contributed by atoms with van der Waals surface area (Å²) in [5.74, 6) is -0.0790. The van der Waals surface area contributed by atoms with Crippen LogP contribution in [0.3, 0.4) is 0 Å². The van der Waals surface area contributed by atoms with E-state index in [1.807, 2.05) is 36.4 Å². The van der Waals surface area contributed by atoms with Crippen molar-refractivity contribution in [2.75, 3.05) is 0 Å². The highest BCUT2D eigenvalue weighted by molar-refractivity contribution is 5.82. The molecule has 0 aliphatic carbocycles. The van der Waals surface area contributed by atoms with E-state index in [2.05, 4.69) is 20.4 Å². The van der Waals surface area contributed by atoms with Crippen molar-refractivity contribution >= 4 is 11.0 Å². The molecule has 4 aromatic rings. The van der Waals surface area contributed by atoms with Crippen LogP contribution in [0, 0.1) is 17.1 Å². The van der Waals surface area contributed by atoms with Gasteiger partial charge in [0.25, 0.3) is 0 Å². The van der Waals surface area contributed by atoms with E-state index in [-0.39, 0.29) is 17.1 Å². The average Bonchev–Trinajstić information content (AvgIpc) is 3.21. The zero-order chi connectivity index (χ0) is 15.8. The molecule has 0 radical (unpaired) electrons. The van der Waals surface area contributed by atoms with Gasteiger partial charge in [0.15, 0.2) is 23.0 Å². The predicted octanol–water partition coefficient (Wildman–Crippen LogP) is 3.29. The number of para-hydroxylation sites is 1. The summed E-state index contributed by atoms with van der Waals surface area (Å²) in [7, 11) is 0. The minimum absolute atomic E-state index is 0.0156. The third-order valence-corrected chi connectivity index (χ3v) is 3.40. The number of hydrogen-bond acceptors (Lipinski definition) is 5. The summed E-state index contributed by atoms with van der Waals surface area (Å²) in [4.78, 5) is 4.25. The van der Waals surface area contributed by atoms with Crippen molar-refractivity contribution in [1.82, 2.24) is 20.4 Å². The molecular weight excluding hydrogens is 297 g/mol. The number of rotatable bonds is 2. The van der Waals surface area contributed by atoms with Crippen molar-refractivity contribution in [1.29, 1.82) is 5.26 Å². The Hall–Kier alpha value is -3.53. The summed E-state index contributed by atoms with van der Waals surface area (Å²) in [5, 5.41) is 19.7. The van der Waals surface area contributed by atoms with Gasteiger partial charge in [0, 0.05) is 5.39 Å². The van der Waals surface area contributed by atoms with Crippen LogP contribution in [0.1, 0.15) is 5.69 Å². The largest absolute Gasteiger partial charge is 0.454 e. The number of aromatic nitrogens is 4. The van der Waals surface area contributed by atoms with Crippen LogP contribution in [0.5, 0.6) is 0 Å². The van der Waals surface area contributed by atoms with Crippen LogP contribution in [0.25, 0.3) is 33.8 Å². The van der Waals surface area contributed by atoms with Crippen molar-refractivity contribution < 1.29 is 8.81 Å². The Morgan fingerprint density at radius 2 is 1.96 bits per heavy atom. The van der Waals surface area contributed by atoms with Crippen molar-refractivity contribution in [2.45, 2.75) is 0 Å². The van der Waals surface area contributed by atoms with Gasteiger partial charge in [-0.2, -0.15) is 15.6 Å². The van der Waals surface area contributed by atoms with E-state index >= 15 is 0 Å². The first-order valence-corrected chi connectivity index (χ1v) is 6.73. The van der Waals surface area contributed by atoms with E-state index in [0.717, 1.165) is 5.39 Å². The maximum Gasteiger partial charge on any atom is 0.192 e. The first-order valence-electron chi connectivity index (χ1n) is 6.73. The van der Waals surface area contributed by atoms with Gasteiger partial charge in [0.2, 0.25) is 0 Å². The lowest BCUT2D eigenvalue weighted by molar-refractivity contribution is 0.617. The highest BCUT2D eigenvalue weighted by Gasteiger charge is 2.18. The molecule has 0 saturated heterocycles. The Morgan fingerprint density at radius 1 is 1.09 bits per heavy atom. The Bertz CT molecular complexity index is 1030. The van der Waals surface area contributed by atoms with Crippen molar-refractivity contribution in [3.05, 3.63) is 54.0 Å². The van der Waals surface area contributed by atoms with Gasteiger partial charge in [0.1, 0.15) is 23.0 Å². The molecule has 0 fully saturated rings. The molecule has 0 bridgehead atoms. The van der Waals surface area contributed by atoms with E-state index in [4.69, 9.17) is 9.68 Å². The second-order valence-corrected chi connectivity index (χ2v) is 4.81. The van der Waals surface area contributed by atoms with Gasteiger partial charge in [-0.05, 0) is 24.3 Å². The predicted molar refractivity (Wildman–Crippen MR) is 79.5 cm³/mol. The molecule has 0 amide bonds. The standard InChI is InChI=1S/C16H8FN5O/c17-10-5-6-11(14-7-9-3-1-2-4-13(9)23-14)19-15(10)16-12(8-18)20-22-21-16/h1-7H,(H,20,21,22). The lowest BCUT2D eigenvalue weighted by Gasteiger charge is -2.01. The summed E-state index contributed by atoms with van der Waals surface area (Å²) in [5.41, 5.74) is 1.17. The first kappa shape index (κ1) is 13.2. The minimum atomic E-state index is -0.588. The molecule has 1 N–H and O–H groups in total. The fourth-order valence-electron chi connectivity index (χ4n) is 2.33. The number of furan rings is 1. The molecule has 3 heterocycles. The van der Waals surface area contributed by atoms with E-state index in [9.17, 15) is 4.39 Å². The molecule has 110 valence electrons. The molecule has 0 spiro atoms. The number of aromatic amines is 1. The van der Waals surface area contributed by atoms with Gasteiger partial charge in [-0.25, -0.2) is 9.37 Å². The van der Waals surface area contributed by atoms with Crippen LogP contribution in [-0.4, -0.2) is 20.4 Å². The number of hydrogen-bond donors (Lipinski definition) is 1. The molecular formula is C16H8FN5O. The maximum atomic E-state index is 14.1. The zero-order valence-electron chi connectivity index (χ0n) is 11.6. The molecule has 4 rings (SSSR count). The van der Waals surface area contributed by atoms with Crippen LogP contribution in [-0.2, 0) is 0 Å². The molecule has 7 heteroatoms. The average molecular weight is 305 g/mol. The van der Waals surface area contributed by atoms with Gasteiger partial charge >= 0.3 is 0 Å². The van der Waals surface area contributed by atoms with Gasteiger partial charge in [-0.1, -0.05) is 18.2 Å². The van der Waals surface area contributed by atoms with Gasteiger partial charge in [-0.15, -0.1) is 5.10 Å². The number of halogens is 1. The van der Waals surface area contributed by atoms with Crippen molar-refractivity contribution in [3.63, 3.8) is 0 Å². The topological polar surface area (TPSA) is 91.4 Å². The number of H-pyrrole nitrogens is 1. The third-order valence-electron chi connectivity index (χ3n) is 3.40. The third kappa shape index (κ3) is 2.13. The number of nitriles is 1. The van der Waals surface area contributed by atoms with Crippen LogP contribution in [0.2, 0.25) is 0 Å². The number of nitrogens with zero attached hydrogens (tertiary/aromatic N) is 4. The van der Waals surface area contributed by atoms with Gasteiger partial charge in [-0.3, -0.25) is 0 Å². The van der Waals surface area contributed by atoms with E-state index in [1.165, 1.54) is 12.1 Å². The SMILES string of the molecule is N#Cc1n[nH]nc1-c1nc(-c2cc3ccccc3o2)ccc1F. The van der Waals surface area contributed by atoms with Crippen LogP contribution < -0.4 is 0 Å². The number of fused-ring (bicyclic) bond motifs is 1. The van der Waals surface area contributed by atoms with Crippen LogP contribution in [0.4, 0.5) is 4.39 Å². The molecule has 0 aliphatic heterocycles. The molecule has 0 saturated carbocycles. The number of benzene rings is 1. The van der Waals surface area contributed by atoms with Crippen molar-refractivity contribution in [2.24, 2.45) is 0 Å². The van der Waals surface area contributed by atoms with Crippen molar-refractivity contribution in [3.8, 4) is 28.9 Å². The Balaban J connectivity index is 1.88. The number of nitrogens with one attached hydrogen (secondary N) is 1. The molecule has 0 atom stereocenters. The number of pyridine rings is 1. The summed E-state index contributed by atoms with van der Waals surface area (Å²) < 4.78 is 19.8. The van der Waals surface area contributed by atoms with E-state index in [1.54, 1.807) is 0 Å². The lowest BCUT2D eigenvalue weighted by Crippen LogP contribution is -1.94. The maximum absolute atomic E-state index is 14.1. The Kier molecular flexibility index (Phi) is 2.88. The molecule has 6 nitrogen and oxygen atoms in total. The van der Waals surface area contributed by atoms with Crippen LogP contribution >= 0.6 is 0 Å². The second-order valence-electron chi connectivity index (χ2n) is 4.81. The lowest BCUT2D eigenvalue weighted by atomic mass is 10.2. The zero-order valence-corrected chi connectivity index (χ0v) is 11.6. The van der Waals surface area contributed by atoms with E-state index < -0.39 is 5.82 Å². The minimum Gasteiger partial charge on any atom is -0.454 e. The van der Waals surface area contributed by atoms with Crippen LogP contribution in [0.15, 0.2) is 46.9 Å². The summed E-state index contributed by atoms with van der Waals surface area (Å²) in [6.07, 6.45) is 0. The quantitative estimate of drug-likeness (QED) is 0.613. The Morgan fingerprint density at radius 3 is 2.78 bits per heavy atom. The highest BCUT2D eigenvalue weighted by atomic mass is 19.1. The van der Waals surface area contributed by atoms with Gasteiger partial charge in [0.05, 0.1) is 0 Å². The highest BCUT2D eigenvalue weighted by Crippen LogP contribution is 2.29. The molecule has 1 aromatic carbocycles. The monoisotopic (exact) mass is 305 g/mol. The molecule has 3 aromatic heterocycles. The first-order chi connectivity index (χ1) is 11.3. The molecule has 23 heavy (non-hydrogen) atoms. The van der Waals surface area contributed by atoms with Gasteiger partial charge < -0.3 is 4.42 Å². The summed E-state index contributed by atoms with van der Waals surface area (Å²) >= 11 is 0. The normalized spacial score (nSPS) is 10.8. The second kappa shape index (κ2) is 5.03. The Labute approximate surface area is 129 Å². The summed E-state index contributed by atoms with van der Waals surface area (Å²) in [6, 6.07) is 14.0. The van der Waals surface area contributed by atoms with E-state index in [0.29, 0.717) is 17.0 Å². The molecule has 0 aliphatic rings.